The van der Waals surface area contributed by atoms with E-state index in [1.165, 1.54) is 0 Å². The zero-order valence-corrected chi connectivity index (χ0v) is 6.76. The lowest BCUT2D eigenvalue weighted by molar-refractivity contribution is -0.139. The molecule has 6 heteroatoms. The Balaban J connectivity index is 2.84. The average Bonchev–Trinajstić information content (AvgIpc) is 2.41. The number of rotatable bonds is 2. The number of sulfone groups is 1. The first-order valence-corrected chi connectivity index (χ1v) is 4.95. The summed E-state index contributed by atoms with van der Waals surface area (Å²) in [6.07, 6.45) is 1.02. The van der Waals surface area contributed by atoms with Crippen LogP contribution in [0.5, 0.6) is 0 Å². The Morgan fingerprint density at radius 1 is 1.73 bits per heavy atom. The molecule has 0 aromatic carbocycles. The van der Waals surface area contributed by atoms with Crippen LogP contribution in [-0.2, 0) is 14.6 Å². The summed E-state index contributed by atoms with van der Waals surface area (Å²) < 4.78 is 21.5. The highest BCUT2D eigenvalue weighted by molar-refractivity contribution is 7.91. The Kier molecular flexibility index (Phi) is 1.50. The quantitative estimate of drug-likeness (QED) is 0.542. The Labute approximate surface area is 64.1 Å². The van der Waals surface area contributed by atoms with Crippen LogP contribution in [0.3, 0.4) is 0 Å². The van der Waals surface area contributed by atoms with Gasteiger partial charge in [0.05, 0.1) is 5.25 Å². The van der Waals surface area contributed by atoms with Gasteiger partial charge >= 0.3 is 5.97 Å². The smallest absolute Gasteiger partial charge is 0.325 e. The SMILES string of the molecule is CS(=O)(=O)[C@@H]1C[C@]1(N)C(=O)O. The van der Waals surface area contributed by atoms with E-state index < -0.39 is 26.6 Å². The largest absolute Gasteiger partial charge is 0.480 e. The summed E-state index contributed by atoms with van der Waals surface area (Å²) in [6.45, 7) is 0. The predicted octanol–water partition coefficient (Wildman–Crippen LogP) is -1.41. The van der Waals surface area contributed by atoms with Gasteiger partial charge in [0.2, 0.25) is 0 Å². The molecule has 0 aromatic heterocycles. The lowest BCUT2D eigenvalue weighted by Gasteiger charge is -2.01. The van der Waals surface area contributed by atoms with Crippen molar-refractivity contribution in [3.05, 3.63) is 0 Å². The van der Waals surface area contributed by atoms with Crippen molar-refractivity contribution in [2.45, 2.75) is 17.2 Å². The number of carbonyl (C=O) groups is 1. The molecule has 0 spiro atoms. The fourth-order valence-corrected chi connectivity index (χ4v) is 2.45. The van der Waals surface area contributed by atoms with Gasteiger partial charge in [0.25, 0.3) is 0 Å². The highest BCUT2D eigenvalue weighted by atomic mass is 32.2. The van der Waals surface area contributed by atoms with Crippen molar-refractivity contribution in [2.75, 3.05) is 6.26 Å². The van der Waals surface area contributed by atoms with Crippen LogP contribution in [-0.4, -0.2) is 36.5 Å². The molecule has 1 aliphatic carbocycles. The minimum absolute atomic E-state index is 0.0289. The third kappa shape index (κ3) is 1.23. The fraction of sp³-hybridized carbons (Fsp3) is 0.800. The molecule has 0 unspecified atom stereocenters. The molecule has 0 radical (unpaired) electrons. The van der Waals surface area contributed by atoms with E-state index in [0.29, 0.717) is 0 Å². The van der Waals surface area contributed by atoms with Gasteiger partial charge in [-0.25, -0.2) is 8.42 Å². The zero-order chi connectivity index (χ0) is 8.86. The second-order valence-electron chi connectivity index (χ2n) is 2.87. The number of hydrogen-bond donors (Lipinski definition) is 2. The van der Waals surface area contributed by atoms with E-state index in [1.54, 1.807) is 0 Å². The van der Waals surface area contributed by atoms with Crippen LogP contribution in [0, 0.1) is 0 Å². The van der Waals surface area contributed by atoms with Crippen molar-refractivity contribution < 1.29 is 18.3 Å². The molecule has 0 aliphatic heterocycles. The Hall–Kier alpha value is -0.620. The van der Waals surface area contributed by atoms with Crippen LogP contribution < -0.4 is 5.73 Å². The van der Waals surface area contributed by atoms with Crippen LogP contribution in [0.25, 0.3) is 0 Å². The van der Waals surface area contributed by atoms with E-state index in [9.17, 15) is 13.2 Å². The zero-order valence-electron chi connectivity index (χ0n) is 5.94. The molecule has 5 nitrogen and oxygen atoms in total. The lowest BCUT2D eigenvalue weighted by Crippen LogP contribution is -2.38. The summed E-state index contributed by atoms with van der Waals surface area (Å²) in [5.41, 5.74) is 3.72. The lowest BCUT2D eigenvalue weighted by atomic mass is 10.3. The number of carboxylic acid groups (broad SMARTS) is 1. The van der Waals surface area contributed by atoms with Crippen molar-refractivity contribution >= 4 is 15.8 Å². The minimum atomic E-state index is -3.29. The second-order valence-corrected chi connectivity index (χ2v) is 5.10. The van der Waals surface area contributed by atoms with Gasteiger partial charge in [0.1, 0.15) is 5.54 Å². The molecule has 3 N–H and O–H groups in total. The third-order valence-electron chi connectivity index (χ3n) is 1.85. The van der Waals surface area contributed by atoms with Crippen LogP contribution >= 0.6 is 0 Å². The molecular weight excluding hydrogens is 170 g/mol. The molecule has 1 rings (SSSR count). The Bertz CT molecular complexity index is 296. The van der Waals surface area contributed by atoms with Gasteiger partial charge in [0, 0.05) is 6.26 Å². The molecule has 1 saturated carbocycles. The molecule has 0 heterocycles. The first-order chi connectivity index (χ1) is 4.78. The molecule has 64 valence electrons. The third-order valence-corrected chi connectivity index (χ3v) is 3.47. The van der Waals surface area contributed by atoms with Gasteiger partial charge < -0.3 is 10.8 Å². The van der Waals surface area contributed by atoms with Gasteiger partial charge in [-0.15, -0.1) is 0 Å². The first-order valence-electron chi connectivity index (χ1n) is 2.99. The minimum Gasteiger partial charge on any atom is -0.480 e. The molecule has 1 fully saturated rings. The monoisotopic (exact) mass is 179 g/mol. The van der Waals surface area contributed by atoms with Crippen LogP contribution in [0.4, 0.5) is 0 Å². The summed E-state index contributed by atoms with van der Waals surface area (Å²) in [5.74, 6) is -1.24. The predicted molar refractivity (Wildman–Crippen MR) is 37.8 cm³/mol. The molecular formula is C5H9NO4S. The summed E-state index contributed by atoms with van der Waals surface area (Å²) in [5, 5.41) is 7.56. The maximum Gasteiger partial charge on any atom is 0.325 e. The normalized spacial score (nSPS) is 36.7. The van der Waals surface area contributed by atoms with Crippen LogP contribution in [0.2, 0.25) is 0 Å². The summed E-state index contributed by atoms with van der Waals surface area (Å²) in [6, 6.07) is 0. The van der Waals surface area contributed by atoms with Gasteiger partial charge in [-0.1, -0.05) is 0 Å². The number of nitrogens with two attached hydrogens (primary N) is 1. The molecule has 11 heavy (non-hydrogen) atoms. The van der Waals surface area contributed by atoms with Crippen molar-refractivity contribution in [2.24, 2.45) is 5.73 Å². The van der Waals surface area contributed by atoms with Crippen molar-refractivity contribution in [1.82, 2.24) is 0 Å². The highest BCUT2D eigenvalue weighted by Crippen LogP contribution is 2.39. The van der Waals surface area contributed by atoms with E-state index in [2.05, 4.69) is 0 Å². The molecule has 2 atom stereocenters. The van der Waals surface area contributed by atoms with Crippen LogP contribution in [0.1, 0.15) is 6.42 Å². The topological polar surface area (TPSA) is 97.5 Å². The summed E-state index contributed by atoms with van der Waals surface area (Å²) in [4.78, 5) is 10.4. The second kappa shape index (κ2) is 1.95. The Morgan fingerprint density at radius 2 is 2.18 bits per heavy atom. The highest BCUT2D eigenvalue weighted by Gasteiger charge is 2.63. The first kappa shape index (κ1) is 8.48. The van der Waals surface area contributed by atoms with E-state index in [4.69, 9.17) is 10.8 Å². The number of hydrogen-bond acceptors (Lipinski definition) is 4. The van der Waals surface area contributed by atoms with E-state index in [0.717, 1.165) is 6.26 Å². The number of aliphatic carboxylic acids is 1. The summed E-state index contributed by atoms with van der Waals surface area (Å²) in [7, 11) is -3.29. The van der Waals surface area contributed by atoms with Crippen molar-refractivity contribution in [3.63, 3.8) is 0 Å². The average molecular weight is 179 g/mol. The standard InChI is InChI=1S/C5H9NO4S/c1-11(9,10)3-2-5(3,6)4(7)8/h3H,2,6H2,1H3,(H,7,8)/t3-,5-/m1/s1. The molecule has 0 aromatic rings. The van der Waals surface area contributed by atoms with Gasteiger partial charge in [-0.05, 0) is 6.42 Å². The van der Waals surface area contributed by atoms with Crippen LogP contribution in [0.15, 0.2) is 0 Å². The Morgan fingerprint density at radius 3 is 2.27 bits per heavy atom. The molecule has 1 aliphatic rings. The number of carboxylic acids is 1. The van der Waals surface area contributed by atoms with Crippen molar-refractivity contribution in [1.29, 1.82) is 0 Å². The van der Waals surface area contributed by atoms with E-state index in [1.807, 2.05) is 0 Å². The van der Waals surface area contributed by atoms with Gasteiger partial charge in [-0.3, -0.25) is 4.79 Å². The molecule has 0 amide bonds. The molecule has 0 bridgehead atoms. The van der Waals surface area contributed by atoms with Gasteiger partial charge in [0.15, 0.2) is 9.84 Å². The maximum atomic E-state index is 10.8. The van der Waals surface area contributed by atoms with E-state index in [-0.39, 0.29) is 6.42 Å². The van der Waals surface area contributed by atoms with Crippen molar-refractivity contribution in [3.8, 4) is 0 Å². The summed E-state index contributed by atoms with van der Waals surface area (Å²) >= 11 is 0. The molecule has 0 saturated heterocycles. The van der Waals surface area contributed by atoms with E-state index >= 15 is 0 Å². The van der Waals surface area contributed by atoms with Gasteiger partial charge in [-0.2, -0.15) is 0 Å². The maximum absolute atomic E-state index is 10.8. The fourth-order valence-electron chi connectivity index (χ4n) is 1.01.